The van der Waals surface area contributed by atoms with Gasteiger partial charge in [-0.3, -0.25) is 9.69 Å². The van der Waals surface area contributed by atoms with Crippen molar-refractivity contribution in [2.45, 2.75) is 58.5 Å². The molecule has 1 aromatic heterocycles. The van der Waals surface area contributed by atoms with Crippen molar-refractivity contribution in [3.05, 3.63) is 35.7 Å². The number of fused-ring (bicyclic) bond motifs is 2. The van der Waals surface area contributed by atoms with Crippen molar-refractivity contribution < 1.29 is 24.1 Å². The number of rotatable bonds is 6. The maximum atomic E-state index is 13.0. The second kappa shape index (κ2) is 11.2. The highest BCUT2D eigenvalue weighted by Gasteiger charge is 2.28. The molecule has 10 heteroatoms. The van der Waals surface area contributed by atoms with Crippen LogP contribution in [0.5, 0.6) is 11.5 Å². The Kier molecular flexibility index (Phi) is 8.02. The van der Waals surface area contributed by atoms with E-state index in [9.17, 15) is 9.90 Å². The molecule has 0 aliphatic carbocycles. The van der Waals surface area contributed by atoms with Gasteiger partial charge in [0.25, 0.3) is 0 Å². The minimum absolute atomic E-state index is 0.0445. The van der Waals surface area contributed by atoms with E-state index in [2.05, 4.69) is 29.2 Å². The van der Waals surface area contributed by atoms with Crippen LogP contribution in [0.25, 0.3) is 0 Å². The summed E-state index contributed by atoms with van der Waals surface area (Å²) >= 11 is 0. The number of carbonyl (C=O) groups excluding carboxylic acids is 1. The molecule has 4 rings (SSSR count). The van der Waals surface area contributed by atoms with Crippen molar-refractivity contribution in [2.24, 2.45) is 5.92 Å². The number of hydrogen-bond donors (Lipinski definition) is 1. The molecule has 0 spiro atoms. The molecule has 2 aromatic rings. The topological polar surface area (TPSA) is 102 Å². The molecule has 2 aliphatic rings. The lowest BCUT2D eigenvalue weighted by atomic mass is 10.0. The molecule has 0 saturated carbocycles. The van der Waals surface area contributed by atoms with E-state index in [-0.39, 0.29) is 37.4 Å². The molecule has 0 fully saturated rings. The van der Waals surface area contributed by atoms with Crippen molar-refractivity contribution in [2.75, 3.05) is 33.5 Å². The van der Waals surface area contributed by atoms with Gasteiger partial charge in [0.15, 0.2) is 11.5 Å². The summed E-state index contributed by atoms with van der Waals surface area (Å²) in [6, 6.07) is 5.75. The summed E-state index contributed by atoms with van der Waals surface area (Å²) in [7, 11) is 2.06. The number of aromatic nitrogens is 3. The van der Waals surface area contributed by atoms with Crippen molar-refractivity contribution in [1.82, 2.24) is 24.8 Å². The van der Waals surface area contributed by atoms with Crippen molar-refractivity contribution in [3.8, 4) is 11.5 Å². The van der Waals surface area contributed by atoms with Crippen molar-refractivity contribution in [1.29, 1.82) is 0 Å². The maximum absolute atomic E-state index is 13.0. The number of aryl methyl sites for hydroxylation is 1. The fraction of sp³-hybridized carbons (Fsp3) is 0.625. The van der Waals surface area contributed by atoms with Gasteiger partial charge < -0.3 is 24.2 Å². The Bertz CT molecular complexity index is 967. The van der Waals surface area contributed by atoms with Crippen LogP contribution in [0.1, 0.15) is 37.9 Å². The Balaban J connectivity index is 1.49. The summed E-state index contributed by atoms with van der Waals surface area (Å²) in [6.45, 7) is 7.11. The molecule has 0 saturated heterocycles. The van der Waals surface area contributed by atoms with Crippen LogP contribution in [0.2, 0.25) is 0 Å². The van der Waals surface area contributed by atoms with Gasteiger partial charge in [-0.1, -0.05) is 18.2 Å². The molecule has 10 nitrogen and oxygen atoms in total. The lowest BCUT2D eigenvalue weighted by molar-refractivity contribution is -0.136. The number of amides is 1. The fourth-order valence-corrected chi connectivity index (χ4v) is 4.47. The zero-order valence-electron chi connectivity index (χ0n) is 20.2. The summed E-state index contributed by atoms with van der Waals surface area (Å²) in [5.74, 6) is 1.65. The molecule has 2 aliphatic heterocycles. The summed E-state index contributed by atoms with van der Waals surface area (Å²) in [6.07, 6.45) is 2.67. The number of aliphatic hydroxyl groups is 1. The molecule has 1 amide bonds. The molecule has 3 atom stereocenters. The van der Waals surface area contributed by atoms with Crippen LogP contribution in [0, 0.1) is 5.92 Å². The number of hydrogen-bond acceptors (Lipinski definition) is 8. The molecule has 0 bridgehead atoms. The predicted octanol–water partition coefficient (Wildman–Crippen LogP) is 1.66. The van der Waals surface area contributed by atoms with E-state index in [1.807, 2.05) is 29.8 Å². The third-order valence-electron chi connectivity index (χ3n) is 6.52. The fourth-order valence-electron chi connectivity index (χ4n) is 4.47. The Morgan fingerprint density at radius 2 is 2.12 bits per heavy atom. The van der Waals surface area contributed by atoms with Crippen LogP contribution in [0.15, 0.2) is 24.4 Å². The Morgan fingerprint density at radius 1 is 1.29 bits per heavy atom. The van der Waals surface area contributed by atoms with E-state index in [4.69, 9.17) is 14.2 Å². The molecule has 34 heavy (non-hydrogen) atoms. The van der Waals surface area contributed by atoms with Crippen molar-refractivity contribution >= 4 is 5.91 Å². The predicted molar refractivity (Wildman–Crippen MR) is 124 cm³/mol. The van der Waals surface area contributed by atoms with E-state index in [1.165, 1.54) is 0 Å². The second-order valence-electron chi connectivity index (χ2n) is 9.34. The van der Waals surface area contributed by atoms with Gasteiger partial charge in [0, 0.05) is 38.5 Å². The van der Waals surface area contributed by atoms with Gasteiger partial charge in [0.2, 0.25) is 12.7 Å². The third-order valence-corrected chi connectivity index (χ3v) is 6.52. The molecular formula is C24H35N5O5. The summed E-state index contributed by atoms with van der Waals surface area (Å²) in [4.78, 5) is 17.0. The smallest absolute Gasteiger partial charge is 0.231 e. The Hall–Kier alpha value is -2.69. The van der Waals surface area contributed by atoms with E-state index in [0.29, 0.717) is 39.1 Å². The van der Waals surface area contributed by atoms with Crippen LogP contribution >= 0.6 is 0 Å². The zero-order valence-corrected chi connectivity index (χ0v) is 20.2. The highest BCUT2D eigenvalue weighted by atomic mass is 16.7. The van der Waals surface area contributed by atoms with Gasteiger partial charge in [0.1, 0.15) is 0 Å². The van der Waals surface area contributed by atoms with E-state index in [1.54, 1.807) is 11.1 Å². The van der Waals surface area contributed by atoms with E-state index in [0.717, 1.165) is 29.3 Å². The Labute approximate surface area is 200 Å². The monoisotopic (exact) mass is 473 g/mol. The molecule has 1 aromatic carbocycles. The first-order valence-corrected chi connectivity index (χ1v) is 11.9. The van der Waals surface area contributed by atoms with Gasteiger partial charge in [-0.2, -0.15) is 0 Å². The van der Waals surface area contributed by atoms with E-state index >= 15 is 0 Å². The number of nitrogens with zero attached hydrogens (tertiary/aromatic N) is 5. The van der Waals surface area contributed by atoms with Gasteiger partial charge in [-0.25, -0.2) is 4.68 Å². The zero-order chi connectivity index (χ0) is 24.1. The molecule has 0 unspecified atom stereocenters. The maximum Gasteiger partial charge on any atom is 0.231 e. The largest absolute Gasteiger partial charge is 0.454 e. The lowest BCUT2D eigenvalue weighted by Gasteiger charge is -2.35. The minimum atomic E-state index is -0.244. The first kappa shape index (κ1) is 24.4. The van der Waals surface area contributed by atoms with Crippen LogP contribution < -0.4 is 9.47 Å². The van der Waals surface area contributed by atoms with Crippen LogP contribution in [0.3, 0.4) is 0 Å². The standard InChI is InChI=1S/C24H35N5O5/c1-17-11-28(18(2)14-30)24(31)5-4-8-29-20(10-25-26-29)15-32-23(17)13-27(3)12-19-6-7-21-22(9-19)34-16-33-21/h6-7,9-10,17-18,23,30H,4-5,8,11-16H2,1-3H3/t17-,18-,23-/m0/s1. The molecule has 1 N–H and O–H groups in total. The van der Waals surface area contributed by atoms with Crippen LogP contribution in [-0.2, 0) is 29.2 Å². The normalized spacial score (nSPS) is 22.3. The summed E-state index contributed by atoms with van der Waals surface area (Å²) in [5, 5.41) is 17.9. The third kappa shape index (κ3) is 5.86. The highest BCUT2D eigenvalue weighted by molar-refractivity contribution is 5.76. The average Bonchev–Trinajstić information content (AvgIpc) is 3.47. The van der Waals surface area contributed by atoms with Gasteiger partial charge in [0.05, 0.1) is 37.3 Å². The quantitative estimate of drug-likeness (QED) is 0.676. The highest BCUT2D eigenvalue weighted by Crippen LogP contribution is 2.32. The first-order chi connectivity index (χ1) is 16.4. The molecule has 186 valence electrons. The molecule has 0 radical (unpaired) electrons. The van der Waals surface area contributed by atoms with Crippen LogP contribution in [-0.4, -0.2) is 81.5 Å². The van der Waals surface area contributed by atoms with Gasteiger partial charge >= 0.3 is 0 Å². The number of carbonyl (C=O) groups is 1. The van der Waals surface area contributed by atoms with Crippen molar-refractivity contribution in [3.63, 3.8) is 0 Å². The van der Waals surface area contributed by atoms with Crippen LogP contribution in [0.4, 0.5) is 0 Å². The SMILES string of the molecule is C[C@H]1CN([C@@H](C)CO)C(=O)CCCn2nncc2CO[C@H]1CN(C)Cc1ccc2c(c1)OCO2. The number of aliphatic hydroxyl groups excluding tert-OH is 1. The Morgan fingerprint density at radius 3 is 2.94 bits per heavy atom. The minimum Gasteiger partial charge on any atom is -0.454 e. The molecular weight excluding hydrogens is 438 g/mol. The lowest BCUT2D eigenvalue weighted by Crippen LogP contribution is -2.47. The number of ether oxygens (including phenoxy) is 3. The summed E-state index contributed by atoms with van der Waals surface area (Å²) < 4.78 is 19.1. The average molecular weight is 474 g/mol. The van der Waals surface area contributed by atoms with Gasteiger partial charge in [-0.15, -0.1) is 5.10 Å². The number of likely N-dealkylation sites (N-methyl/N-ethyl adjacent to an activating group) is 1. The van der Waals surface area contributed by atoms with Gasteiger partial charge in [-0.05, 0) is 38.1 Å². The summed E-state index contributed by atoms with van der Waals surface area (Å²) in [5.41, 5.74) is 2.03. The second-order valence-corrected chi connectivity index (χ2v) is 9.34. The number of benzene rings is 1. The molecule has 3 heterocycles. The van der Waals surface area contributed by atoms with E-state index < -0.39 is 0 Å². The first-order valence-electron chi connectivity index (χ1n) is 11.9.